The molecule has 5 N–H and O–H groups in total. The van der Waals surface area contributed by atoms with Crippen LogP contribution < -0.4 is 0 Å². The first-order valence-corrected chi connectivity index (χ1v) is 12.1. The number of carbonyl (C=O) groups excluding carboxylic acids is 2. The molecule has 2 heterocycles. The van der Waals surface area contributed by atoms with E-state index < -0.39 is 71.7 Å². The summed E-state index contributed by atoms with van der Waals surface area (Å²) in [4.78, 5) is 48.8. The molecule has 0 aromatic heterocycles. The molecule has 2 bridgehead atoms. The van der Waals surface area contributed by atoms with Crippen LogP contribution in [-0.4, -0.2) is 97.9 Å². The third-order valence-electron chi connectivity index (χ3n) is 7.23. The quantitative estimate of drug-likeness (QED) is 0.178. The lowest BCUT2D eigenvalue weighted by molar-refractivity contribution is -0.374. The second kappa shape index (κ2) is 11.0. The normalized spacial score (nSPS) is 33.0. The van der Waals surface area contributed by atoms with Gasteiger partial charge in [0.25, 0.3) is 0 Å². The maximum Gasteiger partial charge on any atom is 0.343 e. The number of carboxylic acids is 2. The number of rotatable bonds is 11. The summed E-state index contributed by atoms with van der Waals surface area (Å²) in [5.41, 5.74) is -5.83. The molecule has 0 amide bonds. The number of carboxylic acid groups (broad SMARTS) is 2. The summed E-state index contributed by atoms with van der Waals surface area (Å²) >= 11 is 0. The van der Waals surface area contributed by atoms with Crippen LogP contribution in [0, 0.1) is 5.92 Å². The molecule has 3 rings (SSSR count). The van der Waals surface area contributed by atoms with Crippen LogP contribution in [0.2, 0.25) is 0 Å². The average molecular weight is 553 g/mol. The molecule has 1 aromatic carbocycles. The first-order chi connectivity index (χ1) is 18.2. The van der Waals surface area contributed by atoms with E-state index in [4.69, 9.17) is 14.2 Å². The van der Waals surface area contributed by atoms with Crippen molar-refractivity contribution < 1.29 is 63.7 Å². The minimum atomic E-state index is -3.69. The molecule has 0 saturated carbocycles. The van der Waals surface area contributed by atoms with Gasteiger partial charge in [0.2, 0.25) is 17.3 Å². The Bertz CT molecular complexity index is 1140. The molecule has 214 valence electrons. The van der Waals surface area contributed by atoms with Crippen LogP contribution in [0.4, 0.5) is 0 Å². The average Bonchev–Trinajstić information content (AvgIpc) is 3.09. The SMILES string of the molecule is C=C(CC[C@]12O[C@H](C(=O)OC)[C@@](O)(C(=O)O)[C@](C(=O)O)(O1)[C@H](O)[C@H]2O)[C@@H](OC(C)=O)[C@H](C)Cc1ccccc1. The Hall–Kier alpha value is -3.36. The van der Waals surface area contributed by atoms with Crippen molar-refractivity contribution in [2.24, 2.45) is 5.92 Å². The summed E-state index contributed by atoms with van der Waals surface area (Å²) in [6, 6.07) is 9.35. The van der Waals surface area contributed by atoms with Gasteiger partial charge < -0.3 is 44.5 Å². The van der Waals surface area contributed by atoms with E-state index in [0.29, 0.717) is 12.0 Å². The van der Waals surface area contributed by atoms with Crippen molar-refractivity contribution in [3.63, 3.8) is 0 Å². The van der Waals surface area contributed by atoms with Gasteiger partial charge in [0.15, 0.2) is 5.79 Å². The standard InChI is InChI=1S/C26H32O13/c1-13(17(37-15(3)27)14(2)12-16-8-6-5-7-9-16)10-11-24-18(28)19(29)26(39-24,23(33)34)25(35,22(31)32)20(38-24)21(30)36-4/h5-9,14,17-20,28-29,35H,1,10-12H2,2-4H3,(H,31,32)(H,33,34)/t14-,17-,18-,19-,20-,24+,25-,26+/m1/s1. The number of aliphatic carboxylic acids is 2. The van der Waals surface area contributed by atoms with Crippen LogP contribution >= 0.6 is 0 Å². The number of ether oxygens (including phenoxy) is 4. The fraction of sp³-hybridized carbons (Fsp3) is 0.538. The molecule has 2 saturated heterocycles. The first kappa shape index (κ1) is 30.2. The van der Waals surface area contributed by atoms with E-state index in [-0.39, 0.29) is 12.3 Å². The van der Waals surface area contributed by atoms with Crippen LogP contribution in [-0.2, 0) is 44.5 Å². The molecule has 2 aliphatic rings. The molecule has 0 spiro atoms. The summed E-state index contributed by atoms with van der Waals surface area (Å²) < 4.78 is 20.9. The highest BCUT2D eigenvalue weighted by atomic mass is 16.8. The molecular formula is C26H32O13. The summed E-state index contributed by atoms with van der Waals surface area (Å²) in [7, 11) is 0.845. The largest absolute Gasteiger partial charge is 0.479 e. The fourth-order valence-corrected chi connectivity index (χ4v) is 5.27. The molecular weight excluding hydrogens is 520 g/mol. The van der Waals surface area contributed by atoms with E-state index in [0.717, 1.165) is 12.7 Å². The molecule has 13 nitrogen and oxygen atoms in total. The van der Waals surface area contributed by atoms with Crippen molar-refractivity contribution in [1.29, 1.82) is 0 Å². The first-order valence-electron chi connectivity index (χ1n) is 12.1. The number of aliphatic hydroxyl groups excluding tert-OH is 2. The van der Waals surface area contributed by atoms with Crippen LogP contribution in [0.3, 0.4) is 0 Å². The zero-order valence-electron chi connectivity index (χ0n) is 21.6. The molecule has 0 aliphatic carbocycles. The van der Waals surface area contributed by atoms with Crippen molar-refractivity contribution in [2.75, 3.05) is 7.11 Å². The summed E-state index contributed by atoms with van der Waals surface area (Å²) in [6.45, 7) is 7.01. The van der Waals surface area contributed by atoms with Gasteiger partial charge in [0.1, 0.15) is 18.3 Å². The summed E-state index contributed by atoms with van der Waals surface area (Å²) in [5.74, 6) is -9.27. The maximum absolute atomic E-state index is 12.5. The zero-order valence-corrected chi connectivity index (χ0v) is 21.6. The van der Waals surface area contributed by atoms with E-state index in [1.54, 1.807) is 0 Å². The van der Waals surface area contributed by atoms with Gasteiger partial charge in [-0.2, -0.15) is 0 Å². The minimum absolute atomic E-state index is 0.157. The van der Waals surface area contributed by atoms with Gasteiger partial charge in [-0.25, -0.2) is 14.4 Å². The van der Waals surface area contributed by atoms with Crippen LogP contribution in [0.15, 0.2) is 42.5 Å². The third kappa shape index (κ3) is 4.92. The summed E-state index contributed by atoms with van der Waals surface area (Å²) in [6.07, 6.45) is -8.26. The lowest BCUT2D eigenvalue weighted by Crippen LogP contribution is -2.77. The molecule has 1 aromatic rings. The molecule has 2 aliphatic heterocycles. The lowest BCUT2D eigenvalue weighted by atomic mass is 9.74. The molecule has 8 atom stereocenters. The highest BCUT2D eigenvalue weighted by molar-refractivity contribution is 5.98. The monoisotopic (exact) mass is 552 g/mol. The van der Waals surface area contributed by atoms with Crippen LogP contribution in [0.5, 0.6) is 0 Å². The van der Waals surface area contributed by atoms with Gasteiger partial charge in [-0.1, -0.05) is 43.8 Å². The predicted octanol–water partition coefficient (Wildman–Crippen LogP) is -0.207. The van der Waals surface area contributed by atoms with Gasteiger partial charge in [-0.3, -0.25) is 4.79 Å². The Balaban J connectivity index is 1.95. The van der Waals surface area contributed by atoms with Gasteiger partial charge in [-0.05, 0) is 24.0 Å². The Morgan fingerprint density at radius 3 is 2.21 bits per heavy atom. The van der Waals surface area contributed by atoms with E-state index >= 15 is 0 Å². The number of methoxy groups -OCH3 is 1. The molecule has 2 fully saturated rings. The van der Waals surface area contributed by atoms with Crippen molar-refractivity contribution in [2.45, 2.75) is 74.5 Å². The Morgan fingerprint density at radius 2 is 1.69 bits per heavy atom. The van der Waals surface area contributed by atoms with Crippen LogP contribution in [0.1, 0.15) is 32.3 Å². The second-order valence-corrected chi connectivity index (χ2v) is 9.79. The Kier molecular flexibility index (Phi) is 8.53. The van der Waals surface area contributed by atoms with Crippen molar-refractivity contribution in [3.05, 3.63) is 48.0 Å². The van der Waals surface area contributed by atoms with Crippen molar-refractivity contribution in [1.82, 2.24) is 0 Å². The van der Waals surface area contributed by atoms with Gasteiger partial charge in [0.05, 0.1) is 7.11 Å². The van der Waals surface area contributed by atoms with E-state index in [9.17, 15) is 44.7 Å². The zero-order chi connectivity index (χ0) is 29.3. The van der Waals surface area contributed by atoms with Gasteiger partial charge in [-0.15, -0.1) is 0 Å². The smallest absolute Gasteiger partial charge is 0.343 e. The maximum atomic E-state index is 12.5. The van der Waals surface area contributed by atoms with Crippen molar-refractivity contribution in [3.8, 4) is 0 Å². The number of benzene rings is 1. The Morgan fingerprint density at radius 1 is 1.08 bits per heavy atom. The van der Waals surface area contributed by atoms with E-state index in [1.165, 1.54) is 6.92 Å². The molecule has 0 unspecified atom stereocenters. The second-order valence-electron chi connectivity index (χ2n) is 9.79. The topological polar surface area (TPSA) is 206 Å². The Labute approximate surface area is 223 Å². The van der Waals surface area contributed by atoms with Crippen molar-refractivity contribution >= 4 is 23.9 Å². The fourth-order valence-electron chi connectivity index (χ4n) is 5.27. The number of fused-ring (bicyclic) bond motifs is 2. The number of aliphatic hydroxyl groups is 3. The number of hydrogen-bond acceptors (Lipinski definition) is 11. The van der Waals surface area contributed by atoms with E-state index in [1.807, 2.05) is 37.3 Å². The van der Waals surface area contributed by atoms with Crippen LogP contribution in [0.25, 0.3) is 0 Å². The predicted molar refractivity (Wildman–Crippen MR) is 129 cm³/mol. The highest BCUT2D eigenvalue weighted by Crippen LogP contribution is 2.55. The third-order valence-corrected chi connectivity index (χ3v) is 7.23. The van der Waals surface area contributed by atoms with Gasteiger partial charge >= 0.3 is 23.9 Å². The number of hydrogen-bond donors (Lipinski definition) is 5. The molecule has 39 heavy (non-hydrogen) atoms. The number of esters is 2. The molecule has 13 heteroatoms. The minimum Gasteiger partial charge on any atom is -0.479 e. The van der Waals surface area contributed by atoms with E-state index in [2.05, 4.69) is 11.3 Å². The number of carbonyl (C=O) groups is 4. The lowest BCUT2D eigenvalue weighted by Gasteiger charge is -2.49. The highest BCUT2D eigenvalue weighted by Gasteiger charge is 2.84. The summed E-state index contributed by atoms with van der Waals surface area (Å²) in [5, 5.41) is 52.4. The van der Waals surface area contributed by atoms with Gasteiger partial charge in [0, 0.05) is 19.3 Å². The molecule has 0 radical (unpaired) electrons.